The Morgan fingerprint density at radius 2 is 2.09 bits per heavy atom. The first-order valence-electron chi connectivity index (χ1n) is 8.43. The molecular formula is C18H24N2O2. The van der Waals surface area contributed by atoms with E-state index in [0.717, 1.165) is 25.1 Å². The minimum atomic E-state index is -0.00360. The number of carbonyl (C=O) groups is 1. The molecule has 0 N–H and O–H groups in total. The molecule has 1 saturated carbocycles. The molecule has 0 unspecified atom stereocenters. The smallest absolute Gasteiger partial charge is 0.309 e. The molecule has 1 aliphatic heterocycles. The van der Waals surface area contributed by atoms with Gasteiger partial charge in [-0.1, -0.05) is 20.8 Å². The van der Waals surface area contributed by atoms with Crippen molar-refractivity contribution in [2.24, 2.45) is 23.2 Å². The van der Waals surface area contributed by atoms with Gasteiger partial charge in [-0.25, -0.2) is 9.97 Å². The summed E-state index contributed by atoms with van der Waals surface area (Å²) in [6.45, 7) is 8.60. The van der Waals surface area contributed by atoms with Crippen molar-refractivity contribution in [3.8, 4) is 0 Å². The molecule has 2 fully saturated rings. The Morgan fingerprint density at radius 1 is 1.32 bits per heavy atom. The highest BCUT2D eigenvalue weighted by Crippen LogP contribution is 2.58. The number of ether oxygens (including phenoxy) is 1. The number of aromatic nitrogens is 2. The fourth-order valence-corrected chi connectivity index (χ4v) is 5.34. The minimum absolute atomic E-state index is 0.00360. The lowest BCUT2D eigenvalue weighted by molar-refractivity contribution is -0.149. The second kappa shape index (κ2) is 4.53. The monoisotopic (exact) mass is 300 g/mol. The molecule has 4 nitrogen and oxygen atoms in total. The van der Waals surface area contributed by atoms with Crippen molar-refractivity contribution in [3.05, 3.63) is 23.3 Å². The lowest BCUT2D eigenvalue weighted by atomic mass is 9.53. The van der Waals surface area contributed by atoms with Gasteiger partial charge in [0.15, 0.2) is 0 Å². The van der Waals surface area contributed by atoms with Gasteiger partial charge >= 0.3 is 5.97 Å². The molecular weight excluding hydrogens is 276 g/mol. The van der Waals surface area contributed by atoms with Crippen LogP contribution in [0.15, 0.2) is 6.20 Å². The molecule has 0 amide bonds. The maximum atomic E-state index is 12.1. The lowest BCUT2D eigenvalue weighted by Gasteiger charge is -2.52. The summed E-state index contributed by atoms with van der Waals surface area (Å²) in [4.78, 5) is 21.2. The Kier molecular flexibility index (Phi) is 2.91. The summed E-state index contributed by atoms with van der Waals surface area (Å²) in [5.41, 5.74) is 2.65. The zero-order valence-corrected chi connectivity index (χ0v) is 13.8. The van der Waals surface area contributed by atoms with Gasteiger partial charge in [0.1, 0.15) is 11.9 Å². The van der Waals surface area contributed by atoms with Crippen LogP contribution in [-0.2, 0) is 16.0 Å². The van der Waals surface area contributed by atoms with E-state index in [1.54, 1.807) is 0 Å². The quantitative estimate of drug-likeness (QED) is 0.691. The first-order chi connectivity index (χ1) is 10.4. The standard InChI is InChI=1S/C18H24N2O2/c1-9-13-5-6-18(4)7-12-8-19-11(3)20-15(12)10(2)14(18)16(13)22-17(9)21/h8-10,13-14,16H,5-7H2,1-4H3/t9-,10-,13-,14-,16-,18-/m1/s1. The number of hydrogen-bond acceptors (Lipinski definition) is 4. The molecule has 0 spiro atoms. The molecule has 4 heteroatoms. The van der Waals surface area contributed by atoms with Crippen LogP contribution in [0.3, 0.4) is 0 Å². The Labute approximate surface area is 131 Å². The molecule has 1 saturated heterocycles. The third-order valence-corrected chi connectivity index (χ3v) is 6.48. The van der Waals surface area contributed by atoms with Crippen LogP contribution < -0.4 is 0 Å². The third kappa shape index (κ3) is 1.79. The average Bonchev–Trinajstić information content (AvgIpc) is 2.74. The van der Waals surface area contributed by atoms with E-state index in [2.05, 4.69) is 18.8 Å². The van der Waals surface area contributed by atoms with Crippen LogP contribution in [0, 0.1) is 30.1 Å². The predicted molar refractivity (Wildman–Crippen MR) is 82.3 cm³/mol. The van der Waals surface area contributed by atoms with E-state index >= 15 is 0 Å². The predicted octanol–water partition coefficient (Wildman–Crippen LogP) is 3.04. The Morgan fingerprint density at radius 3 is 2.86 bits per heavy atom. The highest BCUT2D eigenvalue weighted by atomic mass is 16.6. The number of nitrogens with zero attached hydrogens (tertiary/aromatic N) is 2. The van der Waals surface area contributed by atoms with E-state index in [9.17, 15) is 4.79 Å². The number of hydrogen-bond donors (Lipinski definition) is 0. The van der Waals surface area contributed by atoms with E-state index in [1.165, 1.54) is 11.3 Å². The van der Waals surface area contributed by atoms with Crippen molar-refractivity contribution in [1.82, 2.24) is 9.97 Å². The molecule has 22 heavy (non-hydrogen) atoms. The fourth-order valence-electron chi connectivity index (χ4n) is 5.34. The summed E-state index contributed by atoms with van der Waals surface area (Å²) < 4.78 is 5.85. The van der Waals surface area contributed by atoms with Crippen LogP contribution in [0.4, 0.5) is 0 Å². The maximum Gasteiger partial charge on any atom is 0.309 e. The van der Waals surface area contributed by atoms with Gasteiger partial charge in [-0.15, -0.1) is 0 Å². The first kappa shape index (κ1) is 14.2. The molecule has 0 bridgehead atoms. The fraction of sp³-hybridized carbons (Fsp3) is 0.722. The Hall–Kier alpha value is -1.45. The topological polar surface area (TPSA) is 52.1 Å². The molecule has 6 atom stereocenters. The van der Waals surface area contributed by atoms with E-state index < -0.39 is 0 Å². The molecule has 2 aliphatic carbocycles. The van der Waals surface area contributed by atoms with Gasteiger partial charge in [-0.2, -0.15) is 0 Å². The van der Waals surface area contributed by atoms with Gasteiger partial charge in [0.25, 0.3) is 0 Å². The third-order valence-electron chi connectivity index (χ3n) is 6.48. The summed E-state index contributed by atoms with van der Waals surface area (Å²) in [7, 11) is 0. The molecule has 3 aliphatic rings. The van der Waals surface area contributed by atoms with Gasteiger partial charge in [0.05, 0.1) is 11.6 Å². The zero-order chi connectivity index (χ0) is 15.6. The van der Waals surface area contributed by atoms with Crippen LogP contribution in [0.2, 0.25) is 0 Å². The van der Waals surface area contributed by atoms with Crippen LogP contribution >= 0.6 is 0 Å². The molecule has 4 rings (SSSR count). The van der Waals surface area contributed by atoms with Gasteiger partial charge in [-0.3, -0.25) is 4.79 Å². The largest absolute Gasteiger partial charge is 0.461 e. The van der Waals surface area contributed by atoms with Crippen LogP contribution in [0.5, 0.6) is 0 Å². The second-order valence-corrected chi connectivity index (χ2v) is 7.87. The summed E-state index contributed by atoms with van der Waals surface area (Å²) in [6.07, 6.45) is 5.34. The summed E-state index contributed by atoms with van der Waals surface area (Å²) in [5, 5.41) is 0. The summed E-state index contributed by atoms with van der Waals surface area (Å²) >= 11 is 0. The first-order valence-corrected chi connectivity index (χ1v) is 8.43. The Balaban J connectivity index is 1.79. The van der Waals surface area contributed by atoms with E-state index in [0.29, 0.717) is 17.8 Å². The van der Waals surface area contributed by atoms with Gasteiger partial charge < -0.3 is 4.74 Å². The van der Waals surface area contributed by atoms with Crippen LogP contribution in [0.25, 0.3) is 0 Å². The van der Waals surface area contributed by atoms with Gasteiger partial charge in [0.2, 0.25) is 0 Å². The van der Waals surface area contributed by atoms with Gasteiger partial charge in [0, 0.05) is 24.0 Å². The normalized spacial score (nSPS) is 43.1. The molecule has 0 aromatic carbocycles. The molecule has 1 aromatic heterocycles. The van der Waals surface area contributed by atoms with Crippen molar-refractivity contribution in [2.75, 3.05) is 0 Å². The highest BCUT2D eigenvalue weighted by molar-refractivity contribution is 5.75. The van der Waals surface area contributed by atoms with Crippen LogP contribution in [-0.4, -0.2) is 22.0 Å². The number of rotatable bonds is 0. The van der Waals surface area contributed by atoms with Crippen molar-refractivity contribution in [1.29, 1.82) is 0 Å². The molecule has 2 heterocycles. The van der Waals surface area contributed by atoms with Gasteiger partial charge in [-0.05, 0) is 37.2 Å². The number of esters is 1. The van der Waals surface area contributed by atoms with Crippen molar-refractivity contribution in [3.63, 3.8) is 0 Å². The van der Waals surface area contributed by atoms with Crippen molar-refractivity contribution >= 4 is 5.97 Å². The molecule has 118 valence electrons. The summed E-state index contributed by atoms with van der Waals surface area (Å²) in [5.74, 6) is 1.96. The van der Waals surface area contributed by atoms with Crippen molar-refractivity contribution < 1.29 is 9.53 Å². The molecule has 1 aromatic rings. The van der Waals surface area contributed by atoms with E-state index in [4.69, 9.17) is 9.72 Å². The zero-order valence-electron chi connectivity index (χ0n) is 13.8. The Bertz CT molecular complexity index is 644. The number of carbonyl (C=O) groups excluding carboxylic acids is 1. The maximum absolute atomic E-state index is 12.1. The lowest BCUT2D eigenvalue weighted by Crippen LogP contribution is -2.50. The molecule has 0 radical (unpaired) electrons. The number of aryl methyl sites for hydroxylation is 1. The minimum Gasteiger partial charge on any atom is -0.461 e. The average molecular weight is 300 g/mol. The SMILES string of the molecule is Cc1ncc2c(n1)[C@H](C)[C@@H]1[C@@H]3OC(=O)[C@H](C)[C@H]3CC[C@]1(C)C2. The van der Waals surface area contributed by atoms with E-state index in [-0.39, 0.29) is 23.4 Å². The van der Waals surface area contributed by atoms with E-state index in [1.807, 2.05) is 20.0 Å². The van der Waals surface area contributed by atoms with Crippen molar-refractivity contribution in [2.45, 2.75) is 59.0 Å². The van der Waals surface area contributed by atoms with Crippen LogP contribution in [0.1, 0.15) is 56.6 Å². The highest BCUT2D eigenvalue weighted by Gasteiger charge is 2.58. The number of fused-ring (bicyclic) bond motifs is 4. The summed E-state index contributed by atoms with van der Waals surface area (Å²) in [6, 6.07) is 0. The second-order valence-electron chi connectivity index (χ2n) is 7.87.